The van der Waals surface area contributed by atoms with Gasteiger partial charge in [-0.1, -0.05) is 0 Å². The molecule has 0 unspecified atom stereocenters. The Morgan fingerprint density at radius 2 is 2.40 bits per heavy atom. The van der Waals surface area contributed by atoms with Crippen LogP contribution in [0.2, 0.25) is 0 Å². The summed E-state index contributed by atoms with van der Waals surface area (Å²) in [5.41, 5.74) is 7.35. The number of hydrogen-bond acceptors (Lipinski definition) is 4. The molecule has 0 amide bonds. The van der Waals surface area contributed by atoms with Crippen LogP contribution in [-0.4, -0.2) is 17.1 Å². The summed E-state index contributed by atoms with van der Waals surface area (Å²) in [7, 11) is 0. The molecule has 1 fully saturated rings. The van der Waals surface area contributed by atoms with Gasteiger partial charge in [-0.2, -0.15) is 0 Å². The third kappa shape index (κ3) is 2.77. The highest BCUT2D eigenvalue weighted by molar-refractivity contribution is 7.09. The Morgan fingerprint density at radius 1 is 1.60 bits per heavy atom. The fourth-order valence-electron chi connectivity index (χ4n) is 1.85. The summed E-state index contributed by atoms with van der Waals surface area (Å²) in [6.45, 7) is 3.38. The van der Waals surface area contributed by atoms with Crippen molar-refractivity contribution >= 4 is 11.3 Å². The topological polar surface area (TPSA) is 48.1 Å². The zero-order valence-electron chi connectivity index (χ0n) is 9.16. The van der Waals surface area contributed by atoms with E-state index in [4.69, 9.17) is 10.5 Å². The van der Waals surface area contributed by atoms with E-state index in [0.29, 0.717) is 6.61 Å². The summed E-state index contributed by atoms with van der Waals surface area (Å²) in [5.74, 6) is 0. The Balaban J connectivity index is 1.89. The number of thiazole rings is 1. The van der Waals surface area contributed by atoms with Crippen molar-refractivity contribution in [2.24, 2.45) is 5.73 Å². The highest BCUT2D eigenvalue weighted by Gasteiger charge is 2.33. The predicted molar refractivity (Wildman–Crippen MR) is 61.9 cm³/mol. The van der Waals surface area contributed by atoms with Gasteiger partial charge in [-0.25, -0.2) is 4.98 Å². The van der Waals surface area contributed by atoms with Crippen LogP contribution in [0.25, 0.3) is 0 Å². The van der Waals surface area contributed by atoms with Crippen molar-refractivity contribution in [1.29, 1.82) is 0 Å². The first-order valence-electron chi connectivity index (χ1n) is 5.52. The Bertz CT molecular complexity index is 320. The summed E-state index contributed by atoms with van der Waals surface area (Å²) in [4.78, 5) is 4.53. The van der Waals surface area contributed by atoms with Crippen LogP contribution in [0.3, 0.4) is 0 Å². The molecular weight excluding hydrogens is 208 g/mol. The Kier molecular flexibility index (Phi) is 3.38. The highest BCUT2D eigenvalue weighted by atomic mass is 32.1. The first kappa shape index (κ1) is 11.0. The summed E-state index contributed by atoms with van der Waals surface area (Å²) in [5, 5.41) is 3.18. The van der Waals surface area contributed by atoms with Crippen molar-refractivity contribution in [3.8, 4) is 0 Å². The van der Waals surface area contributed by atoms with Gasteiger partial charge in [0.1, 0.15) is 5.01 Å². The molecule has 0 aromatic carbocycles. The van der Waals surface area contributed by atoms with Crippen LogP contribution < -0.4 is 5.73 Å². The molecule has 84 valence electrons. The molecule has 2 rings (SSSR count). The fourth-order valence-corrected chi connectivity index (χ4v) is 2.58. The quantitative estimate of drug-likeness (QED) is 0.836. The lowest BCUT2D eigenvalue weighted by Crippen LogP contribution is -2.48. The van der Waals surface area contributed by atoms with Gasteiger partial charge in [0, 0.05) is 23.9 Å². The Hall–Kier alpha value is -0.450. The molecule has 0 atom stereocenters. The molecule has 1 saturated carbocycles. The van der Waals surface area contributed by atoms with Crippen molar-refractivity contribution in [1.82, 2.24) is 4.98 Å². The molecule has 1 aromatic heterocycles. The number of hydrogen-bond donors (Lipinski definition) is 1. The van der Waals surface area contributed by atoms with Crippen molar-refractivity contribution < 1.29 is 4.74 Å². The van der Waals surface area contributed by atoms with Gasteiger partial charge in [-0.05, 0) is 26.2 Å². The summed E-state index contributed by atoms with van der Waals surface area (Å²) in [6, 6.07) is 0. The smallest absolute Gasteiger partial charge is 0.119 e. The van der Waals surface area contributed by atoms with Crippen molar-refractivity contribution in [2.45, 2.75) is 44.8 Å². The predicted octanol–water partition coefficient (Wildman–Crippen LogP) is 2.10. The van der Waals surface area contributed by atoms with Gasteiger partial charge in [0.25, 0.3) is 0 Å². The van der Waals surface area contributed by atoms with Gasteiger partial charge in [-0.15, -0.1) is 11.3 Å². The number of ether oxygens (including phenoxy) is 1. The first-order valence-corrected chi connectivity index (χ1v) is 6.40. The van der Waals surface area contributed by atoms with Gasteiger partial charge in [0.15, 0.2) is 0 Å². The molecule has 0 saturated heterocycles. The number of aromatic nitrogens is 1. The van der Waals surface area contributed by atoms with Crippen LogP contribution in [0.15, 0.2) is 5.38 Å². The van der Waals surface area contributed by atoms with E-state index < -0.39 is 0 Å². The molecule has 4 heteroatoms. The average molecular weight is 226 g/mol. The molecule has 1 aromatic rings. The molecule has 0 radical (unpaired) electrons. The van der Waals surface area contributed by atoms with E-state index in [1.807, 2.05) is 6.92 Å². The van der Waals surface area contributed by atoms with Gasteiger partial charge >= 0.3 is 0 Å². The molecular formula is C11H18N2OS. The second-order valence-corrected chi connectivity index (χ2v) is 5.21. The van der Waals surface area contributed by atoms with Crippen LogP contribution in [0.1, 0.15) is 36.9 Å². The summed E-state index contributed by atoms with van der Waals surface area (Å²) < 4.78 is 5.32. The van der Waals surface area contributed by atoms with Crippen LogP contribution in [0.5, 0.6) is 0 Å². The van der Waals surface area contributed by atoms with E-state index >= 15 is 0 Å². The molecule has 1 heterocycles. The van der Waals surface area contributed by atoms with E-state index in [2.05, 4.69) is 10.4 Å². The number of nitrogens with two attached hydrogens (primary N) is 1. The second-order valence-electron chi connectivity index (χ2n) is 4.26. The van der Waals surface area contributed by atoms with E-state index in [1.54, 1.807) is 11.3 Å². The maximum Gasteiger partial charge on any atom is 0.119 e. The van der Waals surface area contributed by atoms with Gasteiger partial charge < -0.3 is 10.5 Å². The monoisotopic (exact) mass is 226 g/mol. The van der Waals surface area contributed by atoms with Crippen molar-refractivity contribution in [3.05, 3.63) is 16.1 Å². The molecule has 1 aliphatic rings. The number of nitrogens with zero attached hydrogens (tertiary/aromatic N) is 1. The lowest BCUT2D eigenvalue weighted by Gasteiger charge is -2.37. The minimum absolute atomic E-state index is 0.0386. The maximum atomic E-state index is 6.18. The molecule has 0 aliphatic heterocycles. The zero-order valence-corrected chi connectivity index (χ0v) is 9.98. The van der Waals surface area contributed by atoms with E-state index in [9.17, 15) is 0 Å². The Labute approximate surface area is 94.7 Å². The average Bonchev–Trinajstić information content (AvgIpc) is 2.60. The van der Waals surface area contributed by atoms with Gasteiger partial charge in [0.2, 0.25) is 0 Å². The van der Waals surface area contributed by atoms with Crippen LogP contribution in [0, 0.1) is 0 Å². The van der Waals surface area contributed by atoms with Crippen LogP contribution in [0.4, 0.5) is 0 Å². The van der Waals surface area contributed by atoms with Gasteiger partial charge in [0.05, 0.1) is 12.3 Å². The molecule has 2 N–H and O–H groups in total. The van der Waals surface area contributed by atoms with E-state index in [0.717, 1.165) is 36.6 Å². The SMILES string of the molecule is CCOCc1nc(CC2(N)CCC2)cs1. The molecule has 15 heavy (non-hydrogen) atoms. The lowest BCUT2D eigenvalue weighted by atomic mass is 9.75. The van der Waals surface area contributed by atoms with Crippen LogP contribution in [-0.2, 0) is 17.8 Å². The lowest BCUT2D eigenvalue weighted by molar-refractivity contribution is 0.133. The third-order valence-corrected chi connectivity index (χ3v) is 3.78. The second kappa shape index (κ2) is 4.60. The number of rotatable bonds is 5. The minimum Gasteiger partial charge on any atom is -0.375 e. The minimum atomic E-state index is 0.0386. The zero-order chi connectivity index (χ0) is 10.7. The van der Waals surface area contributed by atoms with E-state index in [1.165, 1.54) is 6.42 Å². The molecule has 3 nitrogen and oxygen atoms in total. The normalized spacial score (nSPS) is 18.8. The van der Waals surface area contributed by atoms with Crippen molar-refractivity contribution in [3.63, 3.8) is 0 Å². The largest absolute Gasteiger partial charge is 0.375 e. The van der Waals surface area contributed by atoms with Crippen LogP contribution >= 0.6 is 11.3 Å². The maximum absolute atomic E-state index is 6.18. The summed E-state index contributed by atoms with van der Waals surface area (Å²) >= 11 is 1.67. The molecule has 1 aliphatic carbocycles. The highest BCUT2D eigenvalue weighted by Crippen LogP contribution is 2.32. The van der Waals surface area contributed by atoms with Crippen molar-refractivity contribution in [2.75, 3.05) is 6.61 Å². The Morgan fingerprint density at radius 3 is 3.00 bits per heavy atom. The molecule has 0 bridgehead atoms. The first-order chi connectivity index (χ1) is 7.22. The standard InChI is InChI=1S/C11H18N2OS/c1-2-14-7-10-13-9(8-15-10)6-11(12)4-3-5-11/h8H,2-7,12H2,1H3. The fraction of sp³-hybridized carbons (Fsp3) is 0.727. The summed E-state index contributed by atoms with van der Waals surface area (Å²) in [6.07, 6.45) is 4.48. The van der Waals surface area contributed by atoms with E-state index in [-0.39, 0.29) is 5.54 Å². The third-order valence-electron chi connectivity index (χ3n) is 2.91. The van der Waals surface area contributed by atoms with Gasteiger partial charge in [-0.3, -0.25) is 0 Å². The molecule has 0 spiro atoms.